The fourth-order valence-electron chi connectivity index (χ4n) is 3.79. The molecule has 2 aromatic carbocycles. The van der Waals surface area contributed by atoms with Crippen molar-refractivity contribution in [1.82, 2.24) is 20.4 Å². The molecule has 0 bridgehead atoms. The third-order valence-corrected chi connectivity index (χ3v) is 6.69. The van der Waals surface area contributed by atoms with Gasteiger partial charge in [0.25, 0.3) is 5.89 Å². The Morgan fingerprint density at radius 3 is 2.61 bits per heavy atom. The zero-order valence-electron chi connectivity index (χ0n) is 17.5. The third kappa shape index (κ3) is 4.17. The number of hydrogen-bond donors (Lipinski definition) is 1. The smallest absolute Gasteiger partial charge is 0.258 e. The molecule has 5 rings (SSSR count). The maximum atomic E-state index is 14.4. The van der Waals surface area contributed by atoms with E-state index in [4.69, 9.17) is 16.7 Å². The van der Waals surface area contributed by atoms with Gasteiger partial charge in [0.05, 0.1) is 23.0 Å². The van der Waals surface area contributed by atoms with E-state index in [2.05, 4.69) is 15.5 Å². The fourth-order valence-corrected chi connectivity index (χ4v) is 4.76. The van der Waals surface area contributed by atoms with Crippen LogP contribution in [0.4, 0.5) is 8.78 Å². The molecule has 0 saturated heterocycles. The van der Waals surface area contributed by atoms with E-state index >= 15 is 0 Å². The summed E-state index contributed by atoms with van der Waals surface area (Å²) in [7, 11) is 0. The maximum Gasteiger partial charge on any atom is 0.258 e. The van der Waals surface area contributed by atoms with Crippen LogP contribution in [-0.4, -0.2) is 20.2 Å². The first-order valence-electron chi connectivity index (χ1n) is 10.2. The van der Waals surface area contributed by atoms with E-state index in [-0.39, 0.29) is 18.2 Å². The molecule has 1 aliphatic heterocycles. The summed E-state index contributed by atoms with van der Waals surface area (Å²) in [5, 5.41) is 9.80. The molecule has 33 heavy (non-hydrogen) atoms. The number of allylic oxidation sites excluding steroid dienone is 1. The van der Waals surface area contributed by atoms with Crippen LogP contribution in [0.3, 0.4) is 0 Å². The van der Waals surface area contributed by atoms with Crippen molar-refractivity contribution in [3.63, 3.8) is 0 Å². The molecule has 1 aliphatic rings. The van der Waals surface area contributed by atoms with Gasteiger partial charge in [-0.25, -0.2) is 8.78 Å². The number of thiophene rings is 1. The molecule has 166 valence electrons. The number of halogens is 2. The van der Waals surface area contributed by atoms with E-state index in [1.165, 1.54) is 29.5 Å². The Kier molecular flexibility index (Phi) is 5.74. The molecule has 1 N–H and O–H groups in total. The van der Waals surface area contributed by atoms with Crippen molar-refractivity contribution in [2.45, 2.75) is 19.5 Å². The van der Waals surface area contributed by atoms with Gasteiger partial charge in [-0.3, -0.25) is 0 Å². The summed E-state index contributed by atoms with van der Waals surface area (Å²) in [6.45, 7) is 2.12. The normalized spacial score (nSPS) is 16.3. The van der Waals surface area contributed by atoms with Gasteiger partial charge in [-0.2, -0.15) is 4.98 Å². The van der Waals surface area contributed by atoms with Gasteiger partial charge in [-0.05, 0) is 54.4 Å². The van der Waals surface area contributed by atoms with Crippen molar-refractivity contribution in [2.24, 2.45) is 0 Å². The minimum Gasteiger partial charge on any atom is -0.351 e. The van der Waals surface area contributed by atoms with Crippen LogP contribution >= 0.6 is 23.6 Å². The Morgan fingerprint density at radius 1 is 1.09 bits per heavy atom. The van der Waals surface area contributed by atoms with Crippen molar-refractivity contribution < 1.29 is 13.3 Å². The lowest BCUT2D eigenvalue weighted by Crippen LogP contribution is -2.45. The molecule has 0 fully saturated rings. The van der Waals surface area contributed by atoms with Crippen LogP contribution in [0.1, 0.15) is 30.0 Å². The topological polar surface area (TPSA) is 54.2 Å². The molecule has 0 aliphatic carbocycles. The predicted molar refractivity (Wildman–Crippen MR) is 127 cm³/mol. The van der Waals surface area contributed by atoms with Crippen LogP contribution in [0.2, 0.25) is 0 Å². The molecule has 9 heteroatoms. The second kappa shape index (κ2) is 8.84. The van der Waals surface area contributed by atoms with Gasteiger partial charge >= 0.3 is 0 Å². The van der Waals surface area contributed by atoms with Crippen LogP contribution in [-0.2, 0) is 6.54 Å². The molecule has 5 nitrogen and oxygen atoms in total. The maximum absolute atomic E-state index is 14.4. The SMILES string of the molecule is CC1=C(c2nc(-c3cccs3)no2)C(c2ccc(F)cc2)NC(=S)N1Cc1ccccc1F. The first-order valence-corrected chi connectivity index (χ1v) is 11.5. The number of nitrogens with zero attached hydrogens (tertiary/aromatic N) is 3. The average molecular weight is 481 g/mol. The van der Waals surface area contributed by atoms with Gasteiger partial charge in [0.15, 0.2) is 5.11 Å². The highest BCUT2D eigenvalue weighted by Gasteiger charge is 2.34. The summed E-state index contributed by atoms with van der Waals surface area (Å²) in [5.41, 5.74) is 2.74. The molecule has 1 atom stereocenters. The van der Waals surface area contributed by atoms with Gasteiger partial charge in [0.2, 0.25) is 5.82 Å². The summed E-state index contributed by atoms with van der Waals surface area (Å²) >= 11 is 7.15. The lowest BCUT2D eigenvalue weighted by molar-refractivity contribution is 0.395. The highest BCUT2D eigenvalue weighted by atomic mass is 32.1. The van der Waals surface area contributed by atoms with E-state index in [0.717, 1.165) is 16.1 Å². The van der Waals surface area contributed by atoms with Crippen molar-refractivity contribution in [2.75, 3.05) is 0 Å². The third-order valence-electron chi connectivity index (χ3n) is 5.48. The number of benzene rings is 2. The number of rotatable bonds is 5. The number of thiocarbonyl (C=S) groups is 1. The Bertz CT molecular complexity index is 1330. The van der Waals surface area contributed by atoms with E-state index in [9.17, 15) is 8.78 Å². The minimum atomic E-state index is -0.438. The summed E-state index contributed by atoms with van der Waals surface area (Å²) in [4.78, 5) is 7.30. The monoisotopic (exact) mass is 480 g/mol. The van der Waals surface area contributed by atoms with Gasteiger partial charge < -0.3 is 14.7 Å². The van der Waals surface area contributed by atoms with Gasteiger partial charge in [-0.15, -0.1) is 11.3 Å². The molecule has 0 radical (unpaired) electrons. The van der Waals surface area contributed by atoms with Crippen molar-refractivity contribution in [1.29, 1.82) is 0 Å². The molecular weight excluding hydrogens is 462 g/mol. The molecule has 0 spiro atoms. The summed E-state index contributed by atoms with van der Waals surface area (Å²) in [6.07, 6.45) is 0. The highest BCUT2D eigenvalue weighted by Crippen LogP contribution is 2.38. The second-order valence-electron chi connectivity index (χ2n) is 7.51. The van der Waals surface area contributed by atoms with E-state index in [1.807, 2.05) is 24.4 Å². The highest BCUT2D eigenvalue weighted by molar-refractivity contribution is 7.80. The van der Waals surface area contributed by atoms with E-state index in [0.29, 0.717) is 28.0 Å². The first-order chi connectivity index (χ1) is 16.0. The van der Waals surface area contributed by atoms with E-state index < -0.39 is 6.04 Å². The van der Waals surface area contributed by atoms with Crippen LogP contribution in [0.15, 0.2) is 76.3 Å². The van der Waals surface area contributed by atoms with Crippen molar-refractivity contribution >= 4 is 34.2 Å². The van der Waals surface area contributed by atoms with Gasteiger partial charge in [-0.1, -0.05) is 41.6 Å². The molecule has 1 unspecified atom stereocenters. The zero-order chi connectivity index (χ0) is 22.9. The van der Waals surface area contributed by atoms with Crippen LogP contribution in [0, 0.1) is 11.6 Å². The second-order valence-corrected chi connectivity index (χ2v) is 8.85. The molecule has 3 heterocycles. The number of nitrogens with one attached hydrogen (secondary N) is 1. The largest absolute Gasteiger partial charge is 0.351 e. The summed E-state index contributed by atoms with van der Waals surface area (Å²) in [5.74, 6) is 0.150. The number of hydrogen-bond acceptors (Lipinski definition) is 5. The Balaban J connectivity index is 1.61. The minimum absolute atomic E-state index is 0.232. The fraction of sp³-hybridized carbons (Fsp3) is 0.125. The lowest BCUT2D eigenvalue weighted by Gasteiger charge is -2.37. The van der Waals surface area contributed by atoms with E-state index in [1.54, 1.807) is 35.2 Å². The van der Waals surface area contributed by atoms with Crippen molar-refractivity contribution in [3.8, 4) is 10.7 Å². The number of aromatic nitrogens is 2. The Morgan fingerprint density at radius 2 is 1.88 bits per heavy atom. The predicted octanol–water partition coefficient (Wildman–Crippen LogP) is 5.94. The zero-order valence-corrected chi connectivity index (χ0v) is 19.1. The molecule has 0 saturated carbocycles. The van der Waals surface area contributed by atoms with Crippen molar-refractivity contribution in [3.05, 3.63) is 100 Å². The molecule has 4 aromatic rings. The van der Waals surface area contributed by atoms with Crippen LogP contribution in [0.25, 0.3) is 16.3 Å². The summed E-state index contributed by atoms with van der Waals surface area (Å²) in [6, 6.07) is 16.1. The molecule has 2 aromatic heterocycles. The van der Waals surface area contributed by atoms with Crippen LogP contribution in [0.5, 0.6) is 0 Å². The Labute approximate surface area is 198 Å². The van der Waals surface area contributed by atoms with Gasteiger partial charge in [0.1, 0.15) is 11.6 Å². The van der Waals surface area contributed by atoms with Gasteiger partial charge in [0, 0.05) is 11.3 Å². The molecular formula is C24H18F2N4OS2. The summed E-state index contributed by atoms with van der Waals surface area (Å²) < 4.78 is 33.6. The lowest BCUT2D eigenvalue weighted by atomic mass is 9.94. The quantitative estimate of drug-likeness (QED) is 0.357. The molecule has 0 amide bonds. The average Bonchev–Trinajstić information content (AvgIpc) is 3.50. The van der Waals surface area contributed by atoms with Crippen LogP contribution < -0.4 is 5.32 Å². The first kappa shape index (κ1) is 21.4. The Hall–Kier alpha value is -3.43. The standard InChI is InChI=1S/C24H18F2N4OS2/c1-14-20(23-28-22(29-31-23)19-7-4-12-33-19)21(15-8-10-17(25)11-9-15)27-24(32)30(14)13-16-5-2-3-6-18(16)26/h2-12,21H,13H2,1H3,(H,27,32).